The number of hydrogen-bond donors (Lipinski definition) is 0. The van der Waals surface area contributed by atoms with E-state index >= 15 is 0 Å². The van der Waals surface area contributed by atoms with Gasteiger partial charge in [0.15, 0.2) is 0 Å². The molecule has 1 aliphatic rings. The Labute approximate surface area is 184 Å². The summed E-state index contributed by atoms with van der Waals surface area (Å²) in [6.45, 7) is 9.42. The summed E-state index contributed by atoms with van der Waals surface area (Å²) in [5.74, 6) is -0.0149. The lowest BCUT2D eigenvalue weighted by Gasteiger charge is -2.26. The van der Waals surface area contributed by atoms with Crippen LogP contribution in [0, 0.1) is 6.92 Å². The third-order valence-corrected chi connectivity index (χ3v) is 7.14. The molecule has 0 N–H and O–H groups in total. The summed E-state index contributed by atoms with van der Waals surface area (Å²) < 4.78 is 43.4. The molecule has 0 aromatic heterocycles. The molecule has 7 nitrogen and oxygen atoms in total. The third-order valence-electron chi connectivity index (χ3n) is 5.24. The predicted molar refractivity (Wildman–Crippen MR) is 117 cm³/mol. The van der Waals surface area contributed by atoms with Crippen LogP contribution >= 0.6 is 0 Å². The highest BCUT2D eigenvalue weighted by molar-refractivity contribution is 7.89. The van der Waals surface area contributed by atoms with Gasteiger partial charge in [-0.15, -0.1) is 0 Å². The summed E-state index contributed by atoms with van der Waals surface area (Å²) in [5, 5.41) is 0. The van der Waals surface area contributed by atoms with Gasteiger partial charge in [-0.05, 0) is 47.7 Å². The average molecular weight is 448 g/mol. The number of esters is 1. The summed E-state index contributed by atoms with van der Waals surface area (Å²) in [4.78, 5) is 13.0. The normalized spacial score (nSPS) is 15.5. The lowest BCUT2D eigenvalue weighted by atomic mass is 9.86. The molecule has 31 heavy (non-hydrogen) atoms. The van der Waals surface area contributed by atoms with E-state index in [0.717, 1.165) is 11.1 Å². The molecule has 0 bridgehead atoms. The van der Waals surface area contributed by atoms with E-state index in [1.165, 1.54) is 29.6 Å². The molecule has 8 heteroatoms. The molecule has 0 unspecified atom stereocenters. The molecule has 0 amide bonds. The molecule has 0 aliphatic carbocycles. The molecule has 1 heterocycles. The van der Waals surface area contributed by atoms with E-state index in [-0.39, 0.29) is 34.7 Å². The zero-order chi connectivity index (χ0) is 22.8. The van der Waals surface area contributed by atoms with Crippen molar-refractivity contribution in [1.82, 2.24) is 4.31 Å². The van der Waals surface area contributed by atoms with Crippen LogP contribution in [-0.2, 0) is 20.2 Å². The topological polar surface area (TPSA) is 82.1 Å². The van der Waals surface area contributed by atoms with Crippen LogP contribution in [0.2, 0.25) is 0 Å². The largest absolute Gasteiger partial charge is 0.496 e. The molecular weight excluding hydrogens is 418 g/mol. The van der Waals surface area contributed by atoms with Gasteiger partial charge in [-0.25, -0.2) is 13.2 Å². The number of methoxy groups -OCH3 is 1. The Morgan fingerprint density at radius 3 is 2.26 bits per heavy atom. The van der Waals surface area contributed by atoms with Crippen LogP contribution in [-0.4, -0.2) is 52.1 Å². The van der Waals surface area contributed by atoms with Crippen molar-refractivity contribution < 1.29 is 27.4 Å². The second kappa shape index (κ2) is 8.98. The Morgan fingerprint density at radius 1 is 1.03 bits per heavy atom. The number of aryl methyl sites for hydroxylation is 1. The zero-order valence-electron chi connectivity index (χ0n) is 18.6. The molecule has 0 atom stereocenters. The van der Waals surface area contributed by atoms with E-state index in [4.69, 9.17) is 14.2 Å². The summed E-state index contributed by atoms with van der Waals surface area (Å²) in [7, 11) is -2.33. The Kier molecular flexibility index (Phi) is 6.73. The standard InChI is InChI=1S/C23H29NO6S/c1-16-14-17(23(2,3)4)6-8-20(16)30-22(25)19-15-18(7-9-21(19)28-5)31(26,27)24-10-12-29-13-11-24/h6-9,14-15H,10-13H2,1-5H3. The summed E-state index contributed by atoms with van der Waals surface area (Å²) in [5.41, 5.74) is 1.97. The number of benzene rings is 2. The van der Waals surface area contributed by atoms with E-state index < -0.39 is 16.0 Å². The highest BCUT2D eigenvalue weighted by atomic mass is 32.2. The van der Waals surface area contributed by atoms with Crippen molar-refractivity contribution in [3.8, 4) is 11.5 Å². The third kappa shape index (κ3) is 5.08. The van der Waals surface area contributed by atoms with Gasteiger partial charge in [0.05, 0.1) is 25.2 Å². The highest BCUT2D eigenvalue weighted by Gasteiger charge is 2.28. The van der Waals surface area contributed by atoms with Crippen molar-refractivity contribution in [2.24, 2.45) is 0 Å². The van der Waals surface area contributed by atoms with E-state index in [0.29, 0.717) is 19.0 Å². The van der Waals surface area contributed by atoms with Crippen molar-refractivity contribution in [3.63, 3.8) is 0 Å². The molecule has 168 valence electrons. The molecule has 0 radical (unpaired) electrons. The fraction of sp³-hybridized carbons (Fsp3) is 0.435. The van der Waals surface area contributed by atoms with E-state index in [9.17, 15) is 13.2 Å². The Balaban J connectivity index is 1.91. The van der Waals surface area contributed by atoms with Gasteiger partial charge in [0.2, 0.25) is 10.0 Å². The summed E-state index contributed by atoms with van der Waals surface area (Å²) in [6, 6.07) is 9.88. The lowest BCUT2D eigenvalue weighted by Crippen LogP contribution is -2.40. The predicted octanol–water partition coefficient (Wildman–Crippen LogP) is 3.54. The quantitative estimate of drug-likeness (QED) is 0.515. The van der Waals surface area contributed by atoms with Crippen LogP contribution in [0.4, 0.5) is 0 Å². The van der Waals surface area contributed by atoms with Crippen LogP contribution in [0.25, 0.3) is 0 Å². The van der Waals surface area contributed by atoms with Gasteiger partial charge in [-0.3, -0.25) is 0 Å². The molecule has 2 aromatic carbocycles. The molecule has 1 fully saturated rings. The van der Waals surface area contributed by atoms with Gasteiger partial charge in [0.1, 0.15) is 17.1 Å². The first kappa shape index (κ1) is 23.2. The maximum atomic E-state index is 13.0. The van der Waals surface area contributed by atoms with Gasteiger partial charge < -0.3 is 14.2 Å². The first-order valence-electron chi connectivity index (χ1n) is 10.1. The molecule has 0 spiro atoms. The fourth-order valence-corrected chi connectivity index (χ4v) is 4.76. The second-order valence-electron chi connectivity index (χ2n) is 8.50. The SMILES string of the molecule is COc1ccc(S(=O)(=O)N2CCOCC2)cc1C(=O)Oc1ccc(C(C)(C)C)cc1C. The number of carbonyl (C=O) groups excluding carboxylic acids is 1. The number of sulfonamides is 1. The van der Waals surface area contributed by atoms with Crippen molar-refractivity contribution in [2.45, 2.75) is 38.0 Å². The molecule has 1 saturated heterocycles. The van der Waals surface area contributed by atoms with E-state index in [2.05, 4.69) is 20.8 Å². The first-order valence-corrected chi connectivity index (χ1v) is 11.6. The van der Waals surface area contributed by atoms with Gasteiger partial charge in [0.25, 0.3) is 0 Å². The minimum Gasteiger partial charge on any atom is -0.496 e. The molecular formula is C23H29NO6S. The Morgan fingerprint density at radius 2 is 1.68 bits per heavy atom. The zero-order valence-corrected chi connectivity index (χ0v) is 19.4. The lowest BCUT2D eigenvalue weighted by molar-refractivity contribution is 0.0725. The van der Waals surface area contributed by atoms with E-state index in [1.807, 2.05) is 19.1 Å². The minimum atomic E-state index is -3.76. The number of nitrogens with zero attached hydrogens (tertiary/aromatic N) is 1. The number of hydrogen-bond acceptors (Lipinski definition) is 6. The second-order valence-corrected chi connectivity index (χ2v) is 10.4. The van der Waals surface area contributed by atoms with Gasteiger partial charge >= 0.3 is 5.97 Å². The highest BCUT2D eigenvalue weighted by Crippen LogP contribution is 2.30. The average Bonchev–Trinajstić information content (AvgIpc) is 2.74. The maximum Gasteiger partial charge on any atom is 0.347 e. The summed E-state index contributed by atoms with van der Waals surface area (Å²) in [6.07, 6.45) is 0. The number of carbonyl (C=O) groups is 1. The number of morpholine rings is 1. The molecule has 3 rings (SSSR count). The van der Waals surface area contributed by atoms with Gasteiger partial charge in [-0.1, -0.05) is 32.9 Å². The van der Waals surface area contributed by atoms with Crippen LogP contribution in [0.5, 0.6) is 11.5 Å². The maximum absolute atomic E-state index is 13.0. The van der Waals surface area contributed by atoms with Crippen molar-refractivity contribution in [1.29, 1.82) is 0 Å². The molecule has 1 aliphatic heterocycles. The van der Waals surface area contributed by atoms with Crippen LogP contribution in [0.3, 0.4) is 0 Å². The van der Waals surface area contributed by atoms with Crippen LogP contribution in [0.15, 0.2) is 41.3 Å². The molecule has 0 saturated carbocycles. The van der Waals surface area contributed by atoms with Crippen molar-refractivity contribution >= 4 is 16.0 Å². The van der Waals surface area contributed by atoms with Crippen molar-refractivity contribution in [2.75, 3.05) is 33.4 Å². The minimum absolute atomic E-state index is 0.0157. The Hall–Kier alpha value is -2.42. The van der Waals surface area contributed by atoms with Crippen LogP contribution < -0.4 is 9.47 Å². The molecule has 2 aromatic rings. The van der Waals surface area contributed by atoms with E-state index in [1.54, 1.807) is 6.07 Å². The Bertz CT molecular complexity index is 1070. The first-order chi connectivity index (χ1) is 14.5. The van der Waals surface area contributed by atoms with Crippen molar-refractivity contribution in [3.05, 3.63) is 53.1 Å². The fourth-order valence-electron chi connectivity index (χ4n) is 3.33. The smallest absolute Gasteiger partial charge is 0.347 e. The number of rotatable bonds is 5. The van der Waals surface area contributed by atoms with Gasteiger partial charge in [0, 0.05) is 13.1 Å². The number of ether oxygens (including phenoxy) is 3. The van der Waals surface area contributed by atoms with Crippen LogP contribution in [0.1, 0.15) is 42.3 Å². The monoisotopic (exact) mass is 447 g/mol. The van der Waals surface area contributed by atoms with Gasteiger partial charge in [-0.2, -0.15) is 4.31 Å². The summed E-state index contributed by atoms with van der Waals surface area (Å²) >= 11 is 0.